The zero-order valence-electron chi connectivity index (χ0n) is 11.8. The van der Waals surface area contributed by atoms with Crippen molar-refractivity contribution in [1.29, 1.82) is 0 Å². The molecule has 0 aromatic heterocycles. The number of hydrogen-bond acceptors (Lipinski definition) is 2. The second kappa shape index (κ2) is 6.71. The molecule has 0 spiro atoms. The standard InChI is InChI=1S/C18H18O2/c1-3-20-18(19)13-17(15-10-5-4-6-11-15)16-12-8-7-9-14(16)2/h4-13H,3H2,1-2H3/b17-13+. The molecule has 20 heavy (non-hydrogen) atoms. The van der Waals surface area contributed by atoms with Crippen molar-refractivity contribution in [3.63, 3.8) is 0 Å². The van der Waals surface area contributed by atoms with Crippen LogP contribution in [0.25, 0.3) is 5.57 Å². The number of carbonyl (C=O) groups excluding carboxylic acids is 1. The lowest BCUT2D eigenvalue weighted by atomic mass is 9.94. The molecule has 102 valence electrons. The first-order valence-corrected chi connectivity index (χ1v) is 6.72. The van der Waals surface area contributed by atoms with Gasteiger partial charge in [-0.2, -0.15) is 0 Å². The van der Waals surface area contributed by atoms with Gasteiger partial charge in [0, 0.05) is 6.08 Å². The van der Waals surface area contributed by atoms with Crippen molar-refractivity contribution in [3.05, 3.63) is 77.4 Å². The third kappa shape index (κ3) is 3.35. The average Bonchev–Trinajstić information content (AvgIpc) is 2.47. The van der Waals surface area contributed by atoms with Crippen LogP contribution < -0.4 is 0 Å². The first kappa shape index (κ1) is 14.1. The minimum absolute atomic E-state index is 0.311. The Morgan fingerprint density at radius 2 is 1.70 bits per heavy atom. The average molecular weight is 266 g/mol. The van der Waals surface area contributed by atoms with Gasteiger partial charge >= 0.3 is 5.97 Å². The Hall–Kier alpha value is -2.35. The molecule has 0 aliphatic rings. The Morgan fingerprint density at radius 3 is 2.35 bits per heavy atom. The van der Waals surface area contributed by atoms with Crippen LogP contribution in [0.5, 0.6) is 0 Å². The van der Waals surface area contributed by atoms with Gasteiger partial charge in [0.2, 0.25) is 0 Å². The molecule has 0 amide bonds. The Bertz CT molecular complexity index is 612. The third-order valence-corrected chi connectivity index (χ3v) is 3.07. The van der Waals surface area contributed by atoms with E-state index in [1.165, 1.54) is 0 Å². The lowest BCUT2D eigenvalue weighted by molar-refractivity contribution is -0.137. The second-order valence-corrected chi connectivity index (χ2v) is 4.49. The fraction of sp³-hybridized carbons (Fsp3) is 0.167. The minimum atomic E-state index is -0.311. The number of benzene rings is 2. The molecule has 0 saturated carbocycles. The van der Waals surface area contributed by atoms with E-state index in [0.717, 1.165) is 22.3 Å². The smallest absolute Gasteiger partial charge is 0.331 e. The number of esters is 1. The third-order valence-electron chi connectivity index (χ3n) is 3.07. The van der Waals surface area contributed by atoms with E-state index < -0.39 is 0 Å². The van der Waals surface area contributed by atoms with E-state index in [1.807, 2.05) is 68.4 Å². The topological polar surface area (TPSA) is 26.3 Å². The second-order valence-electron chi connectivity index (χ2n) is 4.49. The van der Waals surface area contributed by atoms with Crippen LogP contribution in [-0.2, 0) is 9.53 Å². The molecule has 2 nitrogen and oxygen atoms in total. The predicted octanol–water partition coefficient (Wildman–Crippen LogP) is 3.99. The molecule has 0 aliphatic carbocycles. The van der Waals surface area contributed by atoms with Crippen LogP contribution >= 0.6 is 0 Å². The molecule has 0 aliphatic heterocycles. The van der Waals surface area contributed by atoms with Gasteiger partial charge in [0.1, 0.15) is 0 Å². The molecular formula is C18H18O2. The highest BCUT2D eigenvalue weighted by Gasteiger charge is 2.10. The van der Waals surface area contributed by atoms with Crippen LogP contribution in [0.1, 0.15) is 23.6 Å². The lowest BCUT2D eigenvalue weighted by Crippen LogP contribution is -2.02. The van der Waals surface area contributed by atoms with Crippen molar-refractivity contribution in [3.8, 4) is 0 Å². The van der Waals surface area contributed by atoms with Gasteiger partial charge in [0.25, 0.3) is 0 Å². The van der Waals surface area contributed by atoms with Gasteiger partial charge in [-0.25, -0.2) is 4.79 Å². The maximum atomic E-state index is 11.8. The molecular weight excluding hydrogens is 248 g/mol. The molecule has 0 bridgehead atoms. The quantitative estimate of drug-likeness (QED) is 0.618. The first-order chi connectivity index (χ1) is 9.72. The number of carbonyl (C=O) groups is 1. The zero-order valence-corrected chi connectivity index (χ0v) is 11.8. The van der Waals surface area contributed by atoms with E-state index in [1.54, 1.807) is 6.08 Å². The highest BCUT2D eigenvalue weighted by molar-refractivity contribution is 5.96. The van der Waals surface area contributed by atoms with E-state index in [2.05, 4.69) is 0 Å². The molecule has 0 fully saturated rings. The summed E-state index contributed by atoms with van der Waals surface area (Å²) in [5.41, 5.74) is 4.08. The summed E-state index contributed by atoms with van der Waals surface area (Å²) >= 11 is 0. The molecule has 0 unspecified atom stereocenters. The number of hydrogen-bond donors (Lipinski definition) is 0. The number of ether oxygens (including phenoxy) is 1. The van der Waals surface area contributed by atoms with Gasteiger partial charge in [-0.1, -0.05) is 54.6 Å². The normalized spacial score (nSPS) is 11.2. The van der Waals surface area contributed by atoms with Crippen LogP contribution in [0.2, 0.25) is 0 Å². The summed E-state index contributed by atoms with van der Waals surface area (Å²) in [6.07, 6.45) is 1.57. The molecule has 2 aromatic carbocycles. The Kier molecular flexibility index (Phi) is 4.72. The lowest BCUT2D eigenvalue weighted by Gasteiger charge is -2.11. The molecule has 2 rings (SSSR count). The van der Waals surface area contributed by atoms with Crippen LogP contribution in [0, 0.1) is 6.92 Å². The van der Waals surface area contributed by atoms with Crippen LogP contribution in [0.3, 0.4) is 0 Å². The van der Waals surface area contributed by atoms with Crippen molar-refractivity contribution < 1.29 is 9.53 Å². The largest absolute Gasteiger partial charge is 0.463 e. The highest BCUT2D eigenvalue weighted by atomic mass is 16.5. The summed E-state index contributed by atoms with van der Waals surface area (Å²) in [6, 6.07) is 17.9. The van der Waals surface area contributed by atoms with Crippen molar-refractivity contribution in [1.82, 2.24) is 0 Å². The van der Waals surface area contributed by atoms with E-state index in [4.69, 9.17) is 4.74 Å². The zero-order chi connectivity index (χ0) is 14.4. The van der Waals surface area contributed by atoms with Gasteiger partial charge in [0.15, 0.2) is 0 Å². The van der Waals surface area contributed by atoms with Gasteiger partial charge in [-0.15, -0.1) is 0 Å². The Morgan fingerprint density at radius 1 is 1.05 bits per heavy atom. The number of rotatable bonds is 4. The maximum absolute atomic E-state index is 11.8. The Labute approximate surface area is 119 Å². The summed E-state index contributed by atoms with van der Waals surface area (Å²) in [6.45, 7) is 4.23. The Balaban J connectivity index is 2.51. The molecule has 0 N–H and O–H groups in total. The molecule has 0 saturated heterocycles. The molecule has 0 heterocycles. The fourth-order valence-electron chi connectivity index (χ4n) is 2.11. The molecule has 2 heteroatoms. The van der Waals surface area contributed by atoms with Crippen molar-refractivity contribution in [2.75, 3.05) is 6.61 Å². The van der Waals surface area contributed by atoms with Gasteiger partial charge in [0.05, 0.1) is 6.61 Å². The van der Waals surface area contributed by atoms with Crippen LogP contribution in [0.4, 0.5) is 0 Å². The van der Waals surface area contributed by atoms with Crippen molar-refractivity contribution >= 4 is 11.5 Å². The maximum Gasteiger partial charge on any atom is 0.331 e. The SMILES string of the molecule is CCOC(=O)/C=C(\c1ccccc1)c1ccccc1C. The monoisotopic (exact) mass is 266 g/mol. The van der Waals surface area contributed by atoms with Crippen LogP contribution in [-0.4, -0.2) is 12.6 Å². The van der Waals surface area contributed by atoms with E-state index in [0.29, 0.717) is 6.61 Å². The van der Waals surface area contributed by atoms with Gasteiger partial charge in [-0.05, 0) is 36.1 Å². The summed E-state index contributed by atoms with van der Waals surface area (Å²) in [5.74, 6) is -0.311. The minimum Gasteiger partial charge on any atom is -0.463 e. The molecule has 0 atom stereocenters. The molecule has 2 aromatic rings. The van der Waals surface area contributed by atoms with Crippen molar-refractivity contribution in [2.45, 2.75) is 13.8 Å². The first-order valence-electron chi connectivity index (χ1n) is 6.72. The summed E-state index contributed by atoms with van der Waals surface area (Å²) in [5, 5.41) is 0. The van der Waals surface area contributed by atoms with E-state index in [9.17, 15) is 4.79 Å². The van der Waals surface area contributed by atoms with Crippen molar-refractivity contribution in [2.24, 2.45) is 0 Å². The number of aryl methyl sites for hydroxylation is 1. The highest BCUT2D eigenvalue weighted by Crippen LogP contribution is 2.26. The van der Waals surface area contributed by atoms with E-state index >= 15 is 0 Å². The van der Waals surface area contributed by atoms with E-state index in [-0.39, 0.29) is 5.97 Å². The van der Waals surface area contributed by atoms with Gasteiger partial charge in [-0.3, -0.25) is 0 Å². The fourth-order valence-corrected chi connectivity index (χ4v) is 2.11. The van der Waals surface area contributed by atoms with Gasteiger partial charge < -0.3 is 4.74 Å². The summed E-state index contributed by atoms with van der Waals surface area (Å²) in [4.78, 5) is 11.8. The summed E-state index contributed by atoms with van der Waals surface area (Å²) < 4.78 is 5.04. The predicted molar refractivity (Wildman–Crippen MR) is 81.3 cm³/mol. The van der Waals surface area contributed by atoms with Crippen LogP contribution in [0.15, 0.2) is 60.7 Å². The summed E-state index contributed by atoms with van der Waals surface area (Å²) in [7, 11) is 0. The molecule has 0 radical (unpaired) electrons.